The summed E-state index contributed by atoms with van der Waals surface area (Å²) in [6.45, 7) is 6.10. The summed E-state index contributed by atoms with van der Waals surface area (Å²) >= 11 is 1.52. The predicted molar refractivity (Wildman–Crippen MR) is 119 cm³/mol. The number of hydrogen-bond acceptors (Lipinski definition) is 6. The fourth-order valence-corrected chi connectivity index (χ4v) is 4.15. The largest absolute Gasteiger partial charge is 0.326 e. The molecule has 7 nitrogen and oxygen atoms in total. The molecule has 0 unspecified atom stereocenters. The van der Waals surface area contributed by atoms with E-state index in [-0.39, 0.29) is 24.4 Å². The van der Waals surface area contributed by atoms with Gasteiger partial charge in [0, 0.05) is 41.0 Å². The van der Waals surface area contributed by atoms with Crippen molar-refractivity contribution in [3.8, 4) is 11.4 Å². The van der Waals surface area contributed by atoms with Gasteiger partial charge in [0.25, 0.3) is 5.56 Å². The second-order valence-electron chi connectivity index (χ2n) is 7.10. The highest BCUT2D eigenvalue weighted by Crippen LogP contribution is 2.25. The quantitative estimate of drug-likeness (QED) is 0.530. The summed E-state index contributed by atoms with van der Waals surface area (Å²) in [5, 5.41) is 3.51. The van der Waals surface area contributed by atoms with Crippen LogP contribution in [0.2, 0.25) is 0 Å². The summed E-state index contributed by atoms with van der Waals surface area (Å²) in [6.07, 6.45) is 3.42. The fraction of sp³-hybridized carbons (Fsp3) is 0.227. The topological polar surface area (TPSA) is 89.8 Å². The molecule has 0 radical (unpaired) electrons. The molecule has 4 rings (SSSR count). The van der Waals surface area contributed by atoms with Gasteiger partial charge in [-0.2, -0.15) is 0 Å². The van der Waals surface area contributed by atoms with Crippen LogP contribution in [0.3, 0.4) is 0 Å². The van der Waals surface area contributed by atoms with Gasteiger partial charge in [0.2, 0.25) is 5.91 Å². The van der Waals surface area contributed by atoms with E-state index in [0.717, 1.165) is 26.5 Å². The maximum atomic E-state index is 12.7. The molecule has 1 aromatic carbocycles. The van der Waals surface area contributed by atoms with Crippen LogP contribution in [-0.4, -0.2) is 25.4 Å². The molecule has 0 saturated heterocycles. The van der Waals surface area contributed by atoms with Crippen LogP contribution in [0.5, 0.6) is 0 Å². The van der Waals surface area contributed by atoms with Crippen LogP contribution >= 0.6 is 11.3 Å². The smallest absolute Gasteiger partial charge is 0.262 e. The van der Waals surface area contributed by atoms with Gasteiger partial charge in [0.15, 0.2) is 5.82 Å². The number of aryl methyl sites for hydroxylation is 4. The Labute approximate surface area is 177 Å². The molecule has 3 aromatic heterocycles. The monoisotopic (exact) mass is 419 g/mol. The van der Waals surface area contributed by atoms with Crippen LogP contribution in [0.4, 0.5) is 5.69 Å². The number of anilines is 1. The number of aromatic nitrogens is 4. The number of benzene rings is 1. The molecule has 0 atom stereocenters. The molecule has 1 N–H and O–H groups in total. The second-order valence-corrected chi connectivity index (χ2v) is 8.31. The number of thiophene rings is 1. The highest BCUT2D eigenvalue weighted by Gasteiger charge is 2.13. The maximum Gasteiger partial charge on any atom is 0.262 e. The number of nitrogens with zero attached hydrogens (tertiary/aromatic N) is 4. The van der Waals surface area contributed by atoms with Crippen LogP contribution in [0.1, 0.15) is 22.6 Å². The van der Waals surface area contributed by atoms with Crippen LogP contribution < -0.4 is 10.9 Å². The Morgan fingerprint density at radius 2 is 1.87 bits per heavy atom. The molecule has 8 heteroatoms. The molecule has 0 aliphatic carbocycles. The summed E-state index contributed by atoms with van der Waals surface area (Å²) < 4.78 is 1.50. The standard InChI is InChI=1S/C22H21N5O2S/c1-13-8-10-23-20(25-13)16-4-6-17(7-5-16)26-18(28)9-11-27-12-24-21-19(22(27)29)14(2)15(3)30-21/h4-8,10,12H,9,11H2,1-3H3,(H,26,28). The highest BCUT2D eigenvalue weighted by molar-refractivity contribution is 7.18. The minimum atomic E-state index is -0.167. The number of nitrogens with one attached hydrogen (secondary N) is 1. The molecule has 0 aliphatic heterocycles. The number of carbonyl (C=O) groups is 1. The molecule has 152 valence electrons. The normalized spacial score (nSPS) is 11.0. The highest BCUT2D eigenvalue weighted by atomic mass is 32.1. The lowest BCUT2D eigenvalue weighted by atomic mass is 10.2. The number of hydrogen-bond donors (Lipinski definition) is 1. The first kappa shape index (κ1) is 19.9. The Bertz CT molecular complexity index is 1290. The molecule has 0 spiro atoms. The molecule has 1 amide bonds. The number of fused-ring (bicyclic) bond motifs is 1. The van der Waals surface area contributed by atoms with E-state index in [1.165, 1.54) is 22.2 Å². The van der Waals surface area contributed by atoms with E-state index in [9.17, 15) is 9.59 Å². The number of amides is 1. The van der Waals surface area contributed by atoms with Crippen molar-refractivity contribution in [3.05, 3.63) is 69.3 Å². The molecule has 0 saturated carbocycles. The van der Waals surface area contributed by atoms with Crippen LogP contribution in [0.25, 0.3) is 21.6 Å². The van der Waals surface area contributed by atoms with E-state index in [0.29, 0.717) is 16.9 Å². The van der Waals surface area contributed by atoms with Gasteiger partial charge in [-0.25, -0.2) is 15.0 Å². The molecule has 0 aliphatic rings. The van der Waals surface area contributed by atoms with Crippen molar-refractivity contribution in [1.29, 1.82) is 0 Å². The van der Waals surface area contributed by atoms with Gasteiger partial charge in [0.05, 0.1) is 11.7 Å². The molecule has 0 bridgehead atoms. The fourth-order valence-electron chi connectivity index (χ4n) is 3.17. The molecule has 3 heterocycles. The zero-order chi connectivity index (χ0) is 21.3. The first-order chi connectivity index (χ1) is 14.4. The lowest BCUT2D eigenvalue weighted by Gasteiger charge is -2.08. The average molecular weight is 420 g/mol. The van der Waals surface area contributed by atoms with Gasteiger partial charge in [0.1, 0.15) is 4.83 Å². The molecule has 4 aromatic rings. The number of carbonyl (C=O) groups excluding carboxylic acids is 1. The predicted octanol–water partition coefficient (Wildman–Crippen LogP) is 3.87. The Morgan fingerprint density at radius 3 is 2.60 bits per heavy atom. The Hall–Kier alpha value is -3.39. The van der Waals surface area contributed by atoms with Gasteiger partial charge >= 0.3 is 0 Å². The third-order valence-electron chi connectivity index (χ3n) is 4.96. The van der Waals surface area contributed by atoms with Crippen molar-refractivity contribution < 1.29 is 4.79 Å². The van der Waals surface area contributed by atoms with E-state index in [2.05, 4.69) is 20.3 Å². The van der Waals surface area contributed by atoms with Crippen molar-refractivity contribution >= 4 is 33.1 Å². The summed E-state index contributed by atoms with van der Waals surface area (Å²) in [7, 11) is 0. The Morgan fingerprint density at radius 1 is 1.10 bits per heavy atom. The zero-order valence-electron chi connectivity index (χ0n) is 17.0. The Balaban J connectivity index is 1.42. The van der Waals surface area contributed by atoms with Gasteiger partial charge in [-0.3, -0.25) is 14.2 Å². The Kier molecular flexibility index (Phi) is 5.41. The van der Waals surface area contributed by atoms with E-state index in [1.807, 2.05) is 51.1 Å². The van der Waals surface area contributed by atoms with E-state index < -0.39 is 0 Å². The lowest BCUT2D eigenvalue weighted by molar-refractivity contribution is -0.116. The summed E-state index contributed by atoms with van der Waals surface area (Å²) in [4.78, 5) is 39.9. The van der Waals surface area contributed by atoms with E-state index >= 15 is 0 Å². The molecule has 0 fully saturated rings. The van der Waals surface area contributed by atoms with Crippen LogP contribution in [0.15, 0.2) is 47.7 Å². The zero-order valence-corrected chi connectivity index (χ0v) is 17.8. The van der Waals surface area contributed by atoms with Crippen LogP contribution in [-0.2, 0) is 11.3 Å². The third kappa shape index (κ3) is 3.99. The van der Waals surface area contributed by atoms with Gasteiger partial charge in [-0.1, -0.05) is 0 Å². The lowest BCUT2D eigenvalue weighted by Crippen LogP contribution is -2.23. The van der Waals surface area contributed by atoms with Crippen molar-refractivity contribution in [3.63, 3.8) is 0 Å². The van der Waals surface area contributed by atoms with Gasteiger partial charge in [-0.15, -0.1) is 11.3 Å². The summed E-state index contributed by atoms with van der Waals surface area (Å²) in [6, 6.07) is 9.22. The minimum absolute atomic E-state index is 0.0999. The minimum Gasteiger partial charge on any atom is -0.326 e. The molecular weight excluding hydrogens is 398 g/mol. The molecular formula is C22H21N5O2S. The second kappa shape index (κ2) is 8.16. The summed E-state index contributed by atoms with van der Waals surface area (Å²) in [5.74, 6) is 0.480. The van der Waals surface area contributed by atoms with E-state index in [4.69, 9.17) is 0 Å². The van der Waals surface area contributed by atoms with Crippen molar-refractivity contribution in [2.24, 2.45) is 0 Å². The number of rotatable bonds is 5. The average Bonchev–Trinajstić information content (AvgIpc) is 3.02. The van der Waals surface area contributed by atoms with Gasteiger partial charge in [-0.05, 0) is 56.7 Å². The van der Waals surface area contributed by atoms with Crippen molar-refractivity contribution in [2.75, 3.05) is 5.32 Å². The molecule has 30 heavy (non-hydrogen) atoms. The van der Waals surface area contributed by atoms with Crippen molar-refractivity contribution in [1.82, 2.24) is 19.5 Å². The van der Waals surface area contributed by atoms with E-state index in [1.54, 1.807) is 6.20 Å². The third-order valence-corrected chi connectivity index (χ3v) is 6.07. The first-order valence-corrected chi connectivity index (χ1v) is 10.4. The van der Waals surface area contributed by atoms with Crippen LogP contribution in [0, 0.1) is 20.8 Å². The van der Waals surface area contributed by atoms with Gasteiger partial charge < -0.3 is 5.32 Å². The van der Waals surface area contributed by atoms with Crippen molar-refractivity contribution in [2.45, 2.75) is 33.7 Å². The summed E-state index contributed by atoms with van der Waals surface area (Å²) in [5.41, 5.74) is 3.32. The SMILES string of the molecule is Cc1ccnc(-c2ccc(NC(=O)CCn3cnc4sc(C)c(C)c4c3=O)cc2)n1. The first-order valence-electron chi connectivity index (χ1n) is 9.57. The maximum absolute atomic E-state index is 12.7.